The number of nitrogens with zero attached hydrogens (tertiary/aromatic N) is 2. The number of amides is 1. The molecule has 1 aromatic heterocycles. The molecule has 0 fully saturated rings. The molecule has 0 bridgehead atoms. The summed E-state index contributed by atoms with van der Waals surface area (Å²) in [5, 5.41) is 0. The second-order valence-electron chi connectivity index (χ2n) is 7.35. The first-order chi connectivity index (χ1) is 11.7. The summed E-state index contributed by atoms with van der Waals surface area (Å²) in [6, 6.07) is 9.23. The minimum Gasteiger partial charge on any atom is -0.443 e. The van der Waals surface area contributed by atoms with Gasteiger partial charge >= 0.3 is 6.09 Å². The number of aryl methyl sites for hydroxylation is 1. The van der Waals surface area contributed by atoms with Crippen molar-refractivity contribution in [3.8, 4) is 11.1 Å². The molecule has 1 atom stereocenters. The number of pyridine rings is 1. The average Bonchev–Trinajstić information content (AvgIpc) is 2.77. The number of aromatic nitrogens is 1. The highest BCUT2D eigenvalue weighted by atomic mass is 16.6. The van der Waals surface area contributed by atoms with Gasteiger partial charge in [0.1, 0.15) is 17.3 Å². The zero-order chi connectivity index (χ0) is 18.4. The Labute approximate surface area is 147 Å². The van der Waals surface area contributed by atoms with E-state index in [0.717, 1.165) is 16.7 Å². The van der Waals surface area contributed by atoms with Crippen molar-refractivity contribution in [1.29, 1.82) is 0 Å². The topological polar surface area (TPSA) is 59.5 Å². The number of carbonyl (C=O) groups excluding carboxylic acids is 2. The van der Waals surface area contributed by atoms with Crippen LogP contribution in [0.3, 0.4) is 0 Å². The van der Waals surface area contributed by atoms with E-state index < -0.39 is 17.7 Å². The molecular formula is C20H22N2O3. The van der Waals surface area contributed by atoms with Gasteiger partial charge in [0, 0.05) is 11.8 Å². The van der Waals surface area contributed by atoms with Crippen LogP contribution in [0, 0.1) is 6.92 Å². The molecule has 0 N–H and O–H groups in total. The predicted octanol–water partition coefficient (Wildman–Crippen LogP) is 4.38. The van der Waals surface area contributed by atoms with Crippen LogP contribution in [0.2, 0.25) is 0 Å². The van der Waals surface area contributed by atoms with E-state index in [9.17, 15) is 9.59 Å². The highest BCUT2D eigenvalue weighted by Crippen LogP contribution is 2.35. The number of ketones is 1. The van der Waals surface area contributed by atoms with Crippen molar-refractivity contribution in [3.05, 3.63) is 47.8 Å². The van der Waals surface area contributed by atoms with E-state index in [1.54, 1.807) is 33.9 Å². The molecule has 1 aromatic carbocycles. The van der Waals surface area contributed by atoms with Crippen LogP contribution >= 0.6 is 0 Å². The number of ether oxygens (including phenoxy) is 1. The third-order valence-electron chi connectivity index (χ3n) is 4.07. The lowest BCUT2D eigenvalue weighted by Crippen LogP contribution is -2.41. The third-order valence-corrected chi connectivity index (χ3v) is 4.07. The molecule has 130 valence electrons. The van der Waals surface area contributed by atoms with E-state index in [1.165, 1.54) is 4.90 Å². The van der Waals surface area contributed by atoms with Crippen molar-refractivity contribution >= 4 is 17.6 Å². The second-order valence-corrected chi connectivity index (χ2v) is 7.35. The van der Waals surface area contributed by atoms with Crippen LogP contribution in [0.15, 0.2) is 36.5 Å². The van der Waals surface area contributed by atoms with E-state index in [0.29, 0.717) is 11.4 Å². The normalized spacial score (nSPS) is 16.8. The number of hydrogen-bond donors (Lipinski definition) is 0. The van der Waals surface area contributed by atoms with Crippen molar-refractivity contribution in [3.63, 3.8) is 0 Å². The number of hydrogen-bond acceptors (Lipinski definition) is 4. The quantitative estimate of drug-likeness (QED) is 0.774. The molecule has 5 heteroatoms. The lowest BCUT2D eigenvalue weighted by atomic mass is 10.0. The number of benzene rings is 1. The molecule has 0 radical (unpaired) electrons. The number of fused-ring (bicyclic) bond motifs is 1. The van der Waals surface area contributed by atoms with Crippen LogP contribution in [0.5, 0.6) is 0 Å². The summed E-state index contributed by atoms with van der Waals surface area (Å²) in [6.45, 7) is 9.12. The zero-order valence-corrected chi connectivity index (χ0v) is 15.2. The fourth-order valence-corrected chi connectivity index (χ4v) is 2.90. The van der Waals surface area contributed by atoms with Gasteiger partial charge in [-0.3, -0.25) is 14.7 Å². The fraction of sp³-hybridized carbons (Fsp3) is 0.350. The highest BCUT2D eigenvalue weighted by Gasteiger charge is 2.41. The lowest BCUT2D eigenvalue weighted by molar-refractivity contribution is 0.0564. The molecule has 5 nitrogen and oxygen atoms in total. The number of rotatable bonds is 1. The van der Waals surface area contributed by atoms with Gasteiger partial charge in [0.05, 0.1) is 5.69 Å². The number of anilines is 1. The molecule has 1 aliphatic rings. The fourth-order valence-electron chi connectivity index (χ4n) is 2.90. The largest absolute Gasteiger partial charge is 0.443 e. The van der Waals surface area contributed by atoms with Crippen molar-refractivity contribution in [2.45, 2.75) is 46.3 Å². The summed E-state index contributed by atoms with van der Waals surface area (Å²) in [4.78, 5) is 30.8. The van der Waals surface area contributed by atoms with Gasteiger partial charge in [-0.2, -0.15) is 0 Å². The summed E-state index contributed by atoms with van der Waals surface area (Å²) in [7, 11) is 0. The predicted molar refractivity (Wildman–Crippen MR) is 96.9 cm³/mol. The maximum absolute atomic E-state index is 12.6. The van der Waals surface area contributed by atoms with E-state index in [-0.39, 0.29) is 5.78 Å². The molecular weight excluding hydrogens is 316 g/mol. The average molecular weight is 338 g/mol. The van der Waals surface area contributed by atoms with Gasteiger partial charge < -0.3 is 4.74 Å². The smallest absolute Gasteiger partial charge is 0.415 e. The van der Waals surface area contributed by atoms with Gasteiger partial charge in [-0.05, 0) is 46.2 Å². The minimum atomic E-state index is -0.635. The van der Waals surface area contributed by atoms with Gasteiger partial charge in [0.15, 0.2) is 0 Å². The van der Waals surface area contributed by atoms with Crippen LogP contribution in [0.1, 0.15) is 43.7 Å². The Hall–Kier alpha value is -2.69. The summed E-state index contributed by atoms with van der Waals surface area (Å²) in [5.41, 5.74) is 3.17. The lowest BCUT2D eigenvalue weighted by Gasteiger charge is -2.26. The van der Waals surface area contributed by atoms with Crippen molar-refractivity contribution < 1.29 is 14.3 Å². The molecule has 0 aliphatic carbocycles. The summed E-state index contributed by atoms with van der Waals surface area (Å²) in [5.74, 6) is -0.170. The third kappa shape index (κ3) is 3.27. The zero-order valence-electron chi connectivity index (χ0n) is 15.2. The molecule has 1 aliphatic heterocycles. The number of Topliss-reactive ketones (excluding diaryl/α,β-unsaturated/α-hetero) is 1. The highest BCUT2D eigenvalue weighted by molar-refractivity contribution is 6.15. The van der Waals surface area contributed by atoms with Crippen LogP contribution in [0.25, 0.3) is 11.1 Å². The second kappa shape index (κ2) is 5.99. The molecule has 2 aromatic rings. The van der Waals surface area contributed by atoms with E-state index >= 15 is 0 Å². The Morgan fingerprint density at radius 2 is 1.92 bits per heavy atom. The van der Waals surface area contributed by atoms with Crippen molar-refractivity contribution in [2.75, 3.05) is 4.90 Å². The van der Waals surface area contributed by atoms with Crippen LogP contribution in [-0.4, -0.2) is 28.5 Å². The molecule has 2 heterocycles. The molecule has 0 saturated carbocycles. The summed E-state index contributed by atoms with van der Waals surface area (Å²) in [6.07, 6.45) is 1.15. The number of carbonyl (C=O) groups is 2. The van der Waals surface area contributed by atoms with Crippen molar-refractivity contribution in [1.82, 2.24) is 4.98 Å². The summed E-state index contributed by atoms with van der Waals surface area (Å²) >= 11 is 0. The Kier molecular flexibility index (Phi) is 4.11. The Balaban J connectivity index is 2.04. The maximum Gasteiger partial charge on any atom is 0.415 e. The molecule has 0 saturated heterocycles. The minimum absolute atomic E-state index is 0.170. The molecule has 1 unspecified atom stereocenters. The maximum atomic E-state index is 12.6. The molecule has 3 rings (SSSR count). The van der Waals surface area contributed by atoms with Crippen molar-refractivity contribution in [2.24, 2.45) is 0 Å². The Morgan fingerprint density at radius 1 is 1.20 bits per heavy atom. The Morgan fingerprint density at radius 3 is 2.56 bits per heavy atom. The van der Waals surface area contributed by atoms with Gasteiger partial charge in [-0.1, -0.05) is 29.8 Å². The molecule has 0 spiro atoms. The monoisotopic (exact) mass is 338 g/mol. The van der Waals surface area contributed by atoms with Gasteiger partial charge in [-0.15, -0.1) is 0 Å². The van der Waals surface area contributed by atoms with E-state index in [2.05, 4.69) is 4.98 Å². The first-order valence-corrected chi connectivity index (χ1v) is 8.31. The Bertz CT molecular complexity index is 852. The van der Waals surface area contributed by atoms with E-state index in [1.807, 2.05) is 37.3 Å². The first-order valence-electron chi connectivity index (χ1n) is 8.31. The molecule has 25 heavy (non-hydrogen) atoms. The van der Waals surface area contributed by atoms with Gasteiger partial charge in [0.25, 0.3) is 0 Å². The molecule has 1 amide bonds. The van der Waals surface area contributed by atoms with Crippen LogP contribution in [-0.2, 0) is 4.74 Å². The van der Waals surface area contributed by atoms with Gasteiger partial charge in [-0.25, -0.2) is 4.79 Å². The van der Waals surface area contributed by atoms with Crippen LogP contribution in [0.4, 0.5) is 10.5 Å². The van der Waals surface area contributed by atoms with Crippen LogP contribution < -0.4 is 4.90 Å². The van der Waals surface area contributed by atoms with Gasteiger partial charge in [0.2, 0.25) is 5.78 Å². The van der Waals surface area contributed by atoms with E-state index in [4.69, 9.17) is 4.74 Å². The summed E-state index contributed by atoms with van der Waals surface area (Å²) < 4.78 is 5.47. The SMILES string of the molecule is Cc1cccc(-c2cnc3c(c2)N(C(=O)OC(C)(C)C)C(C)C3=O)c1. The first kappa shape index (κ1) is 17.1. The standard InChI is InChI=1S/C20H22N2O3/c1-12-7-6-8-14(9-12)15-10-16-17(21-11-15)18(23)13(2)22(16)19(24)25-20(3,4)5/h6-11,13H,1-5H3.